The van der Waals surface area contributed by atoms with Crippen molar-refractivity contribution in [2.45, 2.75) is 25.0 Å². The Hall–Kier alpha value is -3.88. The van der Waals surface area contributed by atoms with Crippen molar-refractivity contribution in [3.8, 4) is 11.1 Å². The highest BCUT2D eigenvalue weighted by molar-refractivity contribution is 6.31. The Bertz CT molecular complexity index is 1250. The molecule has 3 aromatic carbocycles. The molecule has 0 bridgehead atoms. The Morgan fingerprint density at radius 1 is 1.00 bits per heavy atom. The number of nitrogens with one attached hydrogen (secondary N) is 2. The number of aliphatic carboxylic acids is 1. The lowest BCUT2D eigenvalue weighted by Crippen LogP contribution is -2.47. The molecule has 0 fully saturated rings. The number of rotatable bonds is 7. The van der Waals surface area contributed by atoms with Crippen molar-refractivity contribution in [1.29, 1.82) is 0 Å². The van der Waals surface area contributed by atoms with Crippen molar-refractivity contribution in [3.63, 3.8) is 0 Å². The van der Waals surface area contributed by atoms with Gasteiger partial charge in [-0.3, -0.25) is 10.1 Å². The van der Waals surface area contributed by atoms with E-state index in [4.69, 9.17) is 21.4 Å². The lowest BCUT2D eigenvalue weighted by molar-refractivity contribution is -0.141. The fourth-order valence-corrected chi connectivity index (χ4v) is 4.39. The Morgan fingerprint density at radius 2 is 1.60 bits per heavy atom. The van der Waals surface area contributed by atoms with E-state index in [0.717, 1.165) is 22.3 Å². The number of carbonyl (C=O) groups is 3. The maximum Gasteiger partial charge on any atom is 0.411 e. The molecule has 0 saturated carbocycles. The standard InChI is InChI=1S/C26H23ClN2O6/c1-14(30)23(25(32)33)29-24(31)15-10-16(27)12-17(11-15)28-26(34)35-13-22-20-8-4-2-6-18(20)19-7-3-5-9-21(19)22/h2-12,14,22-23,30H,13H2,1H3,(H,28,34)(H,29,31)(H,32,33). The number of carboxylic acids is 1. The number of hydrogen-bond donors (Lipinski definition) is 4. The maximum absolute atomic E-state index is 12.6. The van der Waals surface area contributed by atoms with E-state index in [9.17, 15) is 19.5 Å². The number of ether oxygens (including phenoxy) is 1. The summed E-state index contributed by atoms with van der Waals surface area (Å²) in [5.74, 6) is -2.26. The number of hydrogen-bond acceptors (Lipinski definition) is 5. The zero-order valence-electron chi connectivity index (χ0n) is 18.7. The van der Waals surface area contributed by atoms with Gasteiger partial charge in [0.1, 0.15) is 6.61 Å². The third-order valence-corrected chi connectivity index (χ3v) is 6.00. The average molecular weight is 495 g/mol. The fourth-order valence-electron chi connectivity index (χ4n) is 4.16. The van der Waals surface area contributed by atoms with Gasteiger partial charge < -0.3 is 20.3 Å². The molecule has 2 atom stereocenters. The van der Waals surface area contributed by atoms with Gasteiger partial charge in [-0.25, -0.2) is 9.59 Å². The van der Waals surface area contributed by atoms with Crippen LogP contribution in [0.15, 0.2) is 66.7 Å². The van der Waals surface area contributed by atoms with Crippen LogP contribution in [0.4, 0.5) is 10.5 Å². The summed E-state index contributed by atoms with van der Waals surface area (Å²) in [5.41, 5.74) is 4.59. The van der Waals surface area contributed by atoms with Crippen LogP contribution >= 0.6 is 11.6 Å². The monoisotopic (exact) mass is 494 g/mol. The first kappa shape index (κ1) is 24.3. The lowest BCUT2D eigenvalue weighted by atomic mass is 9.98. The number of carboxylic acid groups (broad SMARTS) is 1. The van der Waals surface area contributed by atoms with Crippen molar-refractivity contribution in [3.05, 3.63) is 88.4 Å². The minimum atomic E-state index is -1.50. The van der Waals surface area contributed by atoms with E-state index in [1.165, 1.54) is 25.1 Å². The first-order valence-electron chi connectivity index (χ1n) is 10.9. The van der Waals surface area contributed by atoms with Gasteiger partial charge in [-0.2, -0.15) is 0 Å². The van der Waals surface area contributed by atoms with E-state index < -0.39 is 30.1 Å². The summed E-state index contributed by atoms with van der Waals surface area (Å²) in [6.45, 7) is 1.36. The highest BCUT2D eigenvalue weighted by Crippen LogP contribution is 2.44. The maximum atomic E-state index is 12.6. The minimum Gasteiger partial charge on any atom is -0.480 e. The topological polar surface area (TPSA) is 125 Å². The van der Waals surface area contributed by atoms with Crippen LogP contribution in [-0.4, -0.2) is 46.9 Å². The van der Waals surface area contributed by atoms with Gasteiger partial charge in [-0.05, 0) is 47.4 Å². The molecule has 8 nitrogen and oxygen atoms in total. The van der Waals surface area contributed by atoms with E-state index >= 15 is 0 Å². The van der Waals surface area contributed by atoms with Crippen LogP contribution in [0.1, 0.15) is 34.3 Å². The molecule has 3 aromatic rings. The summed E-state index contributed by atoms with van der Waals surface area (Å²) in [7, 11) is 0. The number of carbonyl (C=O) groups excluding carboxylic acids is 2. The van der Waals surface area contributed by atoms with E-state index in [2.05, 4.69) is 10.6 Å². The fraction of sp³-hybridized carbons (Fsp3) is 0.192. The smallest absolute Gasteiger partial charge is 0.411 e. The molecule has 1 aliphatic rings. The zero-order chi connectivity index (χ0) is 25.1. The summed E-state index contributed by atoms with van der Waals surface area (Å²) in [6, 6.07) is 18.5. The number of aliphatic hydroxyl groups excluding tert-OH is 1. The van der Waals surface area contributed by atoms with Crippen molar-refractivity contribution >= 4 is 35.3 Å². The molecule has 1 aliphatic carbocycles. The molecule has 0 saturated heterocycles. The molecule has 35 heavy (non-hydrogen) atoms. The third kappa shape index (κ3) is 5.29. The van der Waals surface area contributed by atoms with E-state index in [0.29, 0.717) is 0 Å². The van der Waals surface area contributed by atoms with Crippen LogP contribution in [0.5, 0.6) is 0 Å². The van der Waals surface area contributed by atoms with Gasteiger partial charge in [0.25, 0.3) is 5.91 Å². The second-order valence-electron chi connectivity index (χ2n) is 8.21. The molecule has 9 heteroatoms. The predicted molar refractivity (Wildman–Crippen MR) is 131 cm³/mol. The van der Waals surface area contributed by atoms with Crippen LogP contribution in [0.3, 0.4) is 0 Å². The van der Waals surface area contributed by atoms with Gasteiger partial charge in [0.15, 0.2) is 6.04 Å². The summed E-state index contributed by atoms with van der Waals surface area (Å²) in [4.78, 5) is 36.3. The van der Waals surface area contributed by atoms with Crippen molar-refractivity contribution in [1.82, 2.24) is 5.32 Å². The summed E-state index contributed by atoms with van der Waals surface area (Å²) in [5, 5.41) is 23.7. The van der Waals surface area contributed by atoms with E-state index in [1.54, 1.807) is 0 Å². The molecular weight excluding hydrogens is 472 g/mol. The Labute approximate surface area is 206 Å². The van der Waals surface area contributed by atoms with Gasteiger partial charge in [-0.15, -0.1) is 0 Å². The minimum absolute atomic E-state index is 0.0124. The van der Waals surface area contributed by atoms with Crippen LogP contribution in [-0.2, 0) is 9.53 Å². The second-order valence-corrected chi connectivity index (χ2v) is 8.65. The molecule has 0 aliphatic heterocycles. The first-order chi connectivity index (χ1) is 16.7. The molecule has 4 rings (SSSR count). The molecule has 180 valence electrons. The number of amides is 2. The van der Waals surface area contributed by atoms with Crippen LogP contribution < -0.4 is 10.6 Å². The molecular formula is C26H23ClN2O6. The van der Waals surface area contributed by atoms with Gasteiger partial charge in [-0.1, -0.05) is 60.1 Å². The van der Waals surface area contributed by atoms with Gasteiger partial charge >= 0.3 is 12.1 Å². The number of anilines is 1. The summed E-state index contributed by atoms with van der Waals surface area (Å²) < 4.78 is 5.51. The number of halogens is 1. The molecule has 0 radical (unpaired) electrons. The average Bonchev–Trinajstić information content (AvgIpc) is 3.14. The van der Waals surface area contributed by atoms with Gasteiger partial charge in [0.05, 0.1) is 6.10 Å². The summed E-state index contributed by atoms with van der Waals surface area (Å²) >= 11 is 6.09. The van der Waals surface area contributed by atoms with E-state index in [1.807, 2.05) is 48.5 Å². The molecule has 4 N–H and O–H groups in total. The Kier molecular flexibility index (Phi) is 7.04. The van der Waals surface area contributed by atoms with Crippen LogP contribution in [0.25, 0.3) is 11.1 Å². The third-order valence-electron chi connectivity index (χ3n) is 5.79. The van der Waals surface area contributed by atoms with Gasteiger partial charge in [0.2, 0.25) is 0 Å². The van der Waals surface area contributed by atoms with Crippen molar-refractivity contribution in [2.75, 3.05) is 11.9 Å². The van der Waals surface area contributed by atoms with Crippen LogP contribution in [0.2, 0.25) is 5.02 Å². The van der Waals surface area contributed by atoms with Gasteiger partial charge in [0, 0.05) is 22.2 Å². The SMILES string of the molecule is CC(O)C(NC(=O)c1cc(Cl)cc(NC(=O)OCC2c3ccccc3-c3ccccc32)c1)C(=O)O. The number of aliphatic hydroxyl groups is 1. The molecule has 2 amide bonds. The highest BCUT2D eigenvalue weighted by atomic mass is 35.5. The Morgan fingerprint density at radius 3 is 2.17 bits per heavy atom. The molecule has 0 heterocycles. The number of benzene rings is 3. The predicted octanol–water partition coefficient (Wildman–Crippen LogP) is 4.26. The van der Waals surface area contributed by atoms with Crippen molar-refractivity contribution < 1.29 is 29.3 Å². The molecule has 2 unspecified atom stereocenters. The molecule has 0 aromatic heterocycles. The second kappa shape index (κ2) is 10.2. The molecule has 0 spiro atoms. The lowest BCUT2D eigenvalue weighted by Gasteiger charge is -2.17. The first-order valence-corrected chi connectivity index (χ1v) is 11.3. The zero-order valence-corrected chi connectivity index (χ0v) is 19.5. The largest absolute Gasteiger partial charge is 0.480 e. The Balaban J connectivity index is 1.44. The van der Waals surface area contributed by atoms with Crippen LogP contribution in [0, 0.1) is 0 Å². The normalized spacial score (nSPS) is 13.8. The quantitative estimate of drug-likeness (QED) is 0.389. The van der Waals surface area contributed by atoms with Crippen molar-refractivity contribution in [2.24, 2.45) is 0 Å². The van der Waals surface area contributed by atoms with E-state index in [-0.39, 0.29) is 28.8 Å². The summed E-state index contributed by atoms with van der Waals surface area (Å²) in [6.07, 6.45) is -2.04. The highest BCUT2D eigenvalue weighted by Gasteiger charge is 2.29. The number of fused-ring (bicyclic) bond motifs is 3.